The highest BCUT2D eigenvalue weighted by atomic mass is 15.8. The molecule has 1 radical (unpaired) electrons. The Hall–Kier alpha value is -4.11. The lowest BCUT2D eigenvalue weighted by Crippen LogP contribution is -2.72. The van der Waals surface area contributed by atoms with Crippen molar-refractivity contribution in [2.45, 2.75) is 169 Å². The molecule has 0 aliphatic carbocycles. The summed E-state index contributed by atoms with van der Waals surface area (Å²) in [5.41, 5.74) is 10.3. The topological polar surface area (TPSA) is 75.5 Å². The Labute approximate surface area is 326 Å². The van der Waals surface area contributed by atoms with E-state index in [4.69, 9.17) is 10.3 Å². The van der Waals surface area contributed by atoms with E-state index in [1.54, 1.807) is 0 Å². The van der Waals surface area contributed by atoms with Gasteiger partial charge in [-0.25, -0.2) is 10.0 Å². The summed E-state index contributed by atoms with van der Waals surface area (Å²) in [5.74, 6) is 0.951. The van der Waals surface area contributed by atoms with Crippen molar-refractivity contribution in [3.8, 4) is 0 Å². The summed E-state index contributed by atoms with van der Waals surface area (Å²) in [5, 5.41) is 20.1. The minimum atomic E-state index is -0.416. The van der Waals surface area contributed by atoms with Crippen LogP contribution in [0.2, 0.25) is 0 Å². The van der Waals surface area contributed by atoms with Gasteiger partial charge >= 0.3 is 0 Å². The molecule has 6 unspecified atom stereocenters. The highest BCUT2D eigenvalue weighted by Gasteiger charge is 2.46. The number of guanidine groups is 1. The minimum absolute atomic E-state index is 0.242. The van der Waals surface area contributed by atoms with E-state index in [0.29, 0.717) is 6.04 Å². The first kappa shape index (κ1) is 39.6. The van der Waals surface area contributed by atoms with Crippen LogP contribution >= 0.6 is 0 Å². The normalized spacial score (nSPS) is 20.3. The molecule has 0 amide bonds. The summed E-state index contributed by atoms with van der Waals surface area (Å²) in [6.45, 7) is 13.8. The molecule has 5 heterocycles. The predicted octanol–water partition coefficient (Wildman–Crippen LogP) is 11.6. The quantitative estimate of drug-likeness (QED) is 0.0941. The molecule has 0 fully saturated rings. The first-order valence-electron chi connectivity index (χ1n) is 21.4. The number of fused-ring (bicyclic) bond motifs is 4. The number of hydrazine groups is 2. The highest BCUT2D eigenvalue weighted by Crippen LogP contribution is 2.37. The molecule has 0 saturated heterocycles. The molecule has 9 nitrogen and oxygen atoms in total. The van der Waals surface area contributed by atoms with Gasteiger partial charge in [0.05, 0.1) is 11.4 Å². The molecule has 5 aliphatic rings. The Bertz CT molecular complexity index is 1570. The summed E-state index contributed by atoms with van der Waals surface area (Å²) in [6, 6.07) is 27.3. The van der Waals surface area contributed by atoms with Crippen LogP contribution in [0.4, 0.5) is 34.1 Å². The number of unbranched alkanes of at least 4 members (excludes halogenated alkanes) is 9. The molecular weight excluding hydrogens is 667 g/mol. The average molecular weight is 735 g/mol. The Balaban J connectivity index is 1.38. The predicted molar refractivity (Wildman–Crippen MR) is 230 cm³/mol. The van der Waals surface area contributed by atoms with Crippen molar-refractivity contribution in [1.29, 1.82) is 0 Å². The van der Waals surface area contributed by atoms with Crippen molar-refractivity contribution < 1.29 is 0 Å². The number of anilines is 5. The van der Waals surface area contributed by atoms with Gasteiger partial charge in [0.1, 0.15) is 0 Å². The Kier molecular flexibility index (Phi) is 14.3. The van der Waals surface area contributed by atoms with E-state index in [2.05, 4.69) is 150 Å². The molecule has 6 atom stereocenters. The van der Waals surface area contributed by atoms with Crippen LogP contribution in [0.5, 0.6) is 0 Å². The van der Waals surface area contributed by atoms with Gasteiger partial charge in [0.15, 0.2) is 12.6 Å². The summed E-state index contributed by atoms with van der Waals surface area (Å²) in [4.78, 5) is 8.23. The van der Waals surface area contributed by atoms with E-state index in [9.17, 15) is 0 Å². The second kappa shape index (κ2) is 19.5. The van der Waals surface area contributed by atoms with E-state index in [1.807, 2.05) is 0 Å². The van der Waals surface area contributed by atoms with Crippen molar-refractivity contribution in [1.82, 2.24) is 15.3 Å². The third-order valence-electron chi connectivity index (χ3n) is 11.3. The molecular formula is C45H68N9. The van der Waals surface area contributed by atoms with E-state index in [-0.39, 0.29) is 18.4 Å². The smallest absolute Gasteiger partial charge is 0.227 e. The van der Waals surface area contributed by atoms with Gasteiger partial charge in [0.2, 0.25) is 5.96 Å². The average Bonchev–Trinajstić information content (AvgIpc) is 3.30. The monoisotopic (exact) mass is 735 g/mol. The van der Waals surface area contributed by atoms with Crippen molar-refractivity contribution in [3.05, 3.63) is 72.8 Å². The van der Waals surface area contributed by atoms with Crippen molar-refractivity contribution in [2.24, 2.45) is 4.99 Å². The molecule has 54 heavy (non-hydrogen) atoms. The van der Waals surface area contributed by atoms with Gasteiger partial charge in [0, 0.05) is 40.9 Å². The zero-order chi connectivity index (χ0) is 37.9. The van der Waals surface area contributed by atoms with Crippen LogP contribution < -0.4 is 31.3 Å². The fourth-order valence-corrected chi connectivity index (χ4v) is 8.16. The highest BCUT2D eigenvalue weighted by molar-refractivity contribution is 5.99. The Morgan fingerprint density at radius 3 is 1.85 bits per heavy atom. The number of hydrogen-bond acceptors (Lipinski definition) is 8. The molecule has 9 heteroatoms. The van der Waals surface area contributed by atoms with E-state index in [0.717, 1.165) is 48.0 Å². The fraction of sp³-hybridized carbons (Fsp3) is 0.578. The van der Waals surface area contributed by atoms with Crippen LogP contribution in [0.15, 0.2) is 77.8 Å². The van der Waals surface area contributed by atoms with Gasteiger partial charge in [-0.1, -0.05) is 97.8 Å². The Morgan fingerprint density at radius 1 is 0.648 bits per heavy atom. The maximum atomic E-state index is 5.73. The molecule has 5 aliphatic heterocycles. The summed E-state index contributed by atoms with van der Waals surface area (Å²) < 4.78 is 0. The van der Waals surface area contributed by atoms with Crippen LogP contribution in [0, 0.1) is 0 Å². The molecule has 0 spiro atoms. The van der Waals surface area contributed by atoms with E-state index < -0.39 is 6.29 Å². The lowest BCUT2D eigenvalue weighted by Gasteiger charge is -2.54. The molecule has 8 bridgehead atoms. The number of nitrogens with zero attached hydrogens (tertiary/aromatic N) is 6. The Morgan fingerprint density at radius 2 is 1.22 bits per heavy atom. The van der Waals surface area contributed by atoms with Crippen molar-refractivity contribution in [3.63, 3.8) is 0 Å². The minimum Gasteiger partial charge on any atom is -0.350 e. The molecule has 3 N–H and O–H groups in total. The first-order valence-corrected chi connectivity index (χ1v) is 21.4. The lowest BCUT2D eigenvalue weighted by molar-refractivity contribution is 0.0735. The molecule has 8 rings (SSSR count). The fourth-order valence-electron chi connectivity index (χ4n) is 8.16. The molecule has 0 aromatic heterocycles. The number of aliphatic imine (C=N–C) groups is 1. The van der Waals surface area contributed by atoms with Crippen molar-refractivity contribution in [2.75, 3.05) is 26.0 Å². The second-order valence-electron chi connectivity index (χ2n) is 15.9. The van der Waals surface area contributed by atoms with Gasteiger partial charge in [0.25, 0.3) is 0 Å². The van der Waals surface area contributed by atoms with Crippen LogP contribution in [0.25, 0.3) is 0 Å². The van der Waals surface area contributed by atoms with E-state index in [1.165, 1.54) is 88.4 Å². The van der Waals surface area contributed by atoms with Gasteiger partial charge in [-0.2, -0.15) is 0 Å². The van der Waals surface area contributed by atoms with Gasteiger partial charge in [-0.15, -0.1) is 5.01 Å². The SMILES string of the molecule is CCCCCCC(C)[N]c1ccc(NC2N=C3N(C(C)CCCCCC)c4ccc(cc4)NC4N2Nc2ccc(cc2)N(C(C)CCCCCC)N34)cc1. The third kappa shape index (κ3) is 9.76. The number of benzene rings is 3. The van der Waals surface area contributed by atoms with Gasteiger partial charge < -0.3 is 21.0 Å². The number of nitrogens with one attached hydrogen (secondary N) is 3. The summed E-state index contributed by atoms with van der Waals surface area (Å²) in [7, 11) is 0. The van der Waals surface area contributed by atoms with Gasteiger partial charge in [-0.3, -0.25) is 10.3 Å². The number of hydrogen-bond donors (Lipinski definition) is 3. The van der Waals surface area contributed by atoms with Crippen LogP contribution in [0.1, 0.15) is 138 Å². The van der Waals surface area contributed by atoms with Crippen LogP contribution in [-0.4, -0.2) is 46.7 Å². The third-order valence-corrected chi connectivity index (χ3v) is 11.3. The zero-order valence-electron chi connectivity index (χ0n) is 34.1. The second-order valence-corrected chi connectivity index (χ2v) is 15.9. The van der Waals surface area contributed by atoms with Gasteiger partial charge in [-0.05, 0) is 113 Å². The largest absolute Gasteiger partial charge is 0.350 e. The first-order chi connectivity index (χ1) is 26.4. The molecule has 3 aromatic rings. The molecule has 0 saturated carbocycles. The maximum absolute atomic E-state index is 5.73. The van der Waals surface area contributed by atoms with Crippen LogP contribution in [0.3, 0.4) is 0 Å². The van der Waals surface area contributed by atoms with Crippen LogP contribution in [-0.2, 0) is 0 Å². The van der Waals surface area contributed by atoms with Crippen molar-refractivity contribution >= 4 is 40.1 Å². The molecule has 293 valence electrons. The van der Waals surface area contributed by atoms with E-state index >= 15 is 0 Å². The maximum Gasteiger partial charge on any atom is 0.227 e. The zero-order valence-corrected chi connectivity index (χ0v) is 34.1. The number of rotatable bonds is 21. The molecule has 3 aromatic carbocycles. The lowest BCUT2D eigenvalue weighted by atomic mass is 10.1. The standard InChI is InChI=1S/C45H68N9/c1-7-10-13-16-19-34(4)46-37-22-24-38(25-23-37)47-43-49-44-51(35(5)20-17-14-11-8-2)41-30-26-39(27-31-41)48-45-52(43)50-40-28-32-42(33-29-40)53(54(44)45)36(6)21-18-15-12-9-3/h22-36,43,45,47-48,50H,7-21H2,1-6H3. The summed E-state index contributed by atoms with van der Waals surface area (Å²) in [6.07, 6.45) is 17.6. The summed E-state index contributed by atoms with van der Waals surface area (Å²) >= 11 is 0.